The Morgan fingerprint density at radius 2 is 2.37 bits per heavy atom. The van der Waals surface area contributed by atoms with Crippen molar-refractivity contribution >= 4 is 23.2 Å². The molecule has 5 heteroatoms. The van der Waals surface area contributed by atoms with Crippen molar-refractivity contribution in [2.24, 2.45) is 0 Å². The van der Waals surface area contributed by atoms with Gasteiger partial charge in [0.25, 0.3) is 0 Å². The summed E-state index contributed by atoms with van der Waals surface area (Å²) in [5.74, 6) is 0.00803. The lowest BCUT2D eigenvalue weighted by atomic mass is 10.2. The molecule has 0 bridgehead atoms. The third-order valence-electron chi connectivity index (χ3n) is 3.44. The molecular formula is C14H20ClN3O. The molecule has 1 aromatic carbocycles. The number of amides is 1. The van der Waals surface area contributed by atoms with E-state index in [2.05, 4.69) is 22.5 Å². The Labute approximate surface area is 119 Å². The maximum absolute atomic E-state index is 12.0. The van der Waals surface area contributed by atoms with Gasteiger partial charge in [0.05, 0.1) is 6.54 Å². The highest BCUT2D eigenvalue weighted by molar-refractivity contribution is 6.31. The fourth-order valence-electron chi connectivity index (χ4n) is 2.17. The first kappa shape index (κ1) is 14.3. The van der Waals surface area contributed by atoms with Crippen LogP contribution in [0.2, 0.25) is 5.02 Å². The second-order valence-corrected chi connectivity index (χ2v) is 5.44. The normalized spacial score (nSPS) is 20.3. The predicted octanol–water partition coefficient (Wildman–Crippen LogP) is 1.88. The van der Waals surface area contributed by atoms with Crippen molar-refractivity contribution in [2.75, 3.05) is 31.5 Å². The van der Waals surface area contributed by atoms with Gasteiger partial charge in [-0.05, 0) is 31.5 Å². The Hall–Kier alpha value is -1.10. The Morgan fingerprint density at radius 1 is 1.58 bits per heavy atom. The number of aryl methyl sites for hydroxylation is 1. The van der Waals surface area contributed by atoms with Gasteiger partial charge < -0.3 is 10.6 Å². The smallest absolute Gasteiger partial charge is 0.238 e. The van der Waals surface area contributed by atoms with Crippen LogP contribution in [0.5, 0.6) is 0 Å². The summed E-state index contributed by atoms with van der Waals surface area (Å²) in [5, 5.41) is 6.88. The Morgan fingerprint density at radius 3 is 3.05 bits per heavy atom. The molecule has 0 aliphatic carbocycles. The molecule has 2 N–H and O–H groups in total. The Kier molecular flexibility index (Phi) is 4.80. The molecule has 1 atom stereocenters. The molecule has 1 aliphatic rings. The highest BCUT2D eigenvalue weighted by Gasteiger charge is 2.20. The van der Waals surface area contributed by atoms with Crippen LogP contribution in [-0.4, -0.2) is 43.0 Å². The van der Waals surface area contributed by atoms with Gasteiger partial charge in [-0.1, -0.05) is 17.7 Å². The van der Waals surface area contributed by atoms with Crippen LogP contribution < -0.4 is 10.6 Å². The van der Waals surface area contributed by atoms with Crippen LogP contribution in [0.25, 0.3) is 0 Å². The van der Waals surface area contributed by atoms with Crippen LogP contribution in [0.1, 0.15) is 12.5 Å². The first-order valence-corrected chi connectivity index (χ1v) is 6.95. The number of halogens is 1. The van der Waals surface area contributed by atoms with E-state index < -0.39 is 0 Å². The van der Waals surface area contributed by atoms with Crippen LogP contribution in [-0.2, 0) is 4.79 Å². The van der Waals surface area contributed by atoms with E-state index in [1.165, 1.54) is 0 Å². The monoisotopic (exact) mass is 281 g/mol. The summed E-state index contributed by atoms with van der Waals surface area (Å²) in [6.45, 7) is 7.27. The standard InChI is InChI=1S/C14H20ClN3O/c1-10-3-4-12(7-13(10)15)17-14(19)9-18-6-5-16-8-11(18)2/h3-4,7,11,16H,5-6,8-9H2,1-2H3,(H,17,19)/t11-/m0/s1. The Bertz CT molecular complexity index is 464. The minimum Gasteiger partial charge on any atom is -0.325 e. The van der Waals surface area contributed by atoms with Crippen LogP contribution in [0, 0.1) is 6.92 Å². The van der Waals surface area contributed by atoms with E-state index in [4.69, 9.17) is 11.6 Å². The van der Waals surface area contributed by atoms with E-state index in [1.807, 2.05) is 19.1 Å². The van der Waals surface area contributed by atoms with E-state index in [1.54, 1.807) is 6.07 Å². The molecule has 1 saturated heterocycles. The van der Waals surface area contributed by atoms with Crippen LogP contribution in [0.4, 0.5) is 5.69 Å². The molecule has 0 spiro atoms. The first-order valence-electron chi connectivity index (χ1n) is 6.57. The quantitative estimate of drug-likeness (QED) is 0.889. The minimum absolute atomic E-state index is 0.00803. The van der Waals surface area contributed by atoms with Gasteiger partial charge in [0.15, 0.2) is 0 Å². The van der Waals surface area contributed by atoms with Gasteiger partial charge in [0, 0.05) is 36.4 Å². The molecular weight excluding hydrogens is 262 g/mol. The molecule has 1 amide bonds. The van der Waals surface area contributed by atoms with Crippen molar-refractivity contribution in [2.45, 2.75) is 19.9 Å². The van der Waals surface area contributed by atoms with Crippen molar-refractivity contribution in [1.82, 2.24) is 10.2 Å². The van der Waals surface area contributed by atoms with Gasteiger partial charge >= 0.3 is 0 Å². The third-order valence-corrected chi connectivity index (χ3v) is 3.85. The summed E-state index contributed by atoms with van der Waals surface area (Å²) in [6, 6.07) is 5.96. The molecule has 19 heavy (non-hydrogen) atoms. The van der Waals surface area contributed by atoms with Crippen molar-refractivity contribution in [3.63, 3.8) is 0 Å². The zero-order chi connectivity index (χ0) is 13.8. The average Bonchev–Trinajstić information content (AvgIpc) is 2.37. The summed E-state index contributed by atoms with van der Waals surface area (Å²) in [5.41, 5.74) is 1.76. The predicted molar refractivity (Wildman–Crippen MR) is 78.7 cm³/mol. The number of benzene rings is 1. The molecule has 1 fully saturated rings. The van der Waals surface area contributed by atoms with Crippen LogP contribution in [0.15, 0.2) is 18.2 Å². The number of anilines is 1. The van der Waals surface area contributed by atoms with Gasteiger partial charge in [-0.25, -0.2) is 0 Å². The van der Waals surface area contributed by atoms with E-state index in [0.29, 0.717) is 17.6 Å². The number of rotatable bonds is 3. The minimum atomic E-state index is 0.00803. The molecule has 0 radical (unpaired) electrons. The number of hydrogen-bond acceptors (Lipinski definition) is 3. The molecule has 0 saturated carbocycles. The van der Waals surface area contributed by atoms with Gasteiger partial charge in [-0.2, -0.15) is 0 Å². The largest absolute Gasteiger partial charge is 0.325 e. The molecule has 2 rings (SSSR count). The summed E-state index contributed by atoms with van der Waals surface area (Å²) < 4.78 is 0. The average molecular weight is 282 g/mol. The number of carbonyl (C=O) groups is 1. The lowest BCUT2D eigenvalue weighted by Gasteiger charge is -2.33. The third kappa shape index (κ3) is 3.93. The molecule has 1 heterocycles. The van der Waals surface area contributed by atoms with Gasteiger partial charge in [0.2, 0.25) is 5.91 Å². The van der Waals surface area contributed by atoms with E-state index in [9.17, 15) is 4.79 Å². The number of hydrogen-bond donors (Lipinski definition) is 2. The van der Waals surface area contributed by atoms with Crippen molar-refractivity contribution in [1.29, 1.82) is 0 Å². The zero-order valence-electron chi connectivity index (χ0n) is 11.4. The zero-order valence-corrected chi connectivity index (χ0v) is 12.1. The fraction of sp³-hybridized carbons (Fsp3) is 0.500. The van der Waals surface area contributed by atoms with E-state index in [0.717, 1.165) is 30.9 Å². The lowest BCUT2D eigenvalue weighted by molar-refractivity contribution is -0.118. The van der Waals surface area contributed by atoms with Crippen LogP contribution >= 0.6 is 11.6 Å². The summed E-state index contributed by atoms with van der Waals surface area (Å²) in [4.78, 5) is 14.2. The summed E-state index contributed by atoms with van der Waals surface area (Å²) >= 11 is 6.04. The topological polar surface area (TPSA) is 44.4 Å². The van der Waals surface area contributed by atoms with Crippen molar-refractivity contribution in [3.05, 3.63) is 28.8 Å². The molecule has 0 unspecified atom stereocenters. The van der Waals surface area contributed by atoms with Crippen LogP contribution in [0.3, 0.4) is 0 Å². The SMILES string of the molecule is Cc1ccc(NC(=O)CN2CCNC[C@@H]2C)cc1Cl. The van der Waals surface area contributed by atoms with Gasteiger partial charge in [-0.15, -0.1) is 0 Å². The highest BCUT2D eigenvalue weighted by Crippen LogP contribution is 2.19. The second kappa shape index (κ2) is 6.37. The number of nitrogens with one attached hydrogen (secondary N) is 2. The maximum atomic E-state index is 12.0. The van der Waals surface area contributed by atoms with Gasteiger partial charge in [0.1, 0.15) is 0 Å². The molecule has 0 aromatic heterocycles. The highest BCUT2D eigenvalue weighted by atomic mass is 35.5. The Balaban J connectivity index is 1.91. The molecule has 4 nitrogen and oxygen atoms in total. The van der Waals surface area contributed by atoms with E-state index in [-0.39, 0.29) is 5.91 Å². The van der Waals surface area contributed by atoms with E-state index >= 15 is 0 Å². The summed E-state index contributed by atoms with van der Waals surface area (Å²) in [7, 11) is 0. The number of carbonyl (C=O) groups excluding carboxylic acids is 1. The fourth-order valence-corrected chi connectivity index (χ4v) is 2.35. The second-order valence-electron chi connectivity index (χ2n) is 5.04. The van der Waals surface area contributed by atoms with Crippen molar-refractivity contribution in [3.8, 4) is 0 Å². The molecule has 1 aliphatic heterocycles. The summed E-state index contributed by atoms with van der Waals surface area (Å²) in [6.07, 6.45) is 0. The first-order chi connectivity index (χ1) is 9.06. The lowest BCUT2D eigenvalue weighted by Crippen LogP contribution is -2.51. The maximum Gasteiger partial charge on any atom is 0.238 e. The number of piperazine rings is 1. The molecule has 104 valence electrons. The number of nitrogens with zero attached hydrogens (tertiary/aromatic N) is 1. The van der Waals surface area contributed by atoms with Gasteiger partial charge in [-0.3, -0.25) is 9.69 Å². The molecule has 1 aromatic rings. The van der Waals surface area contributed by atoms with Crippen molar-refractivity contribution < 1.29 is 4.79 Å².